The van der Waals surface area contributed by atoms with Crippen LogP contribution in [0.5, 0.6) is 0 Å². The minimum Gasteiger partial charge on any atom is -0.481 e. The summed E-state index contributed by atoms with van der Waals surface area (Å²) in [5.74, 6) is -1.19. The van der Waals surface area contributed by atoms with Gasteiger partial charge >= 0.3 is 5.97 Å². The summed E-state index contributed by atoms with van der Waals surface area (Å²) in [5, 5.41) is 8.73. The molecule has 1 amide bonds. The second kappa shape index (κ2) is 4.98. The Balaban J connectivity index is 2.48. The number of hydrogen-bond donors (Lipinski definition) is 1. The van der Waals surface area contributed by atoms with Crippen molar-refractivity contribution in [1.82, 2.24) is 4.90 Å². The number of amides is 1. The zero-order valence-electron chi connectivity index (χ0n) is 8.53. The minimum absolute atomic E-state index is 0.107. The van der Waals surface area contributed by atoms with Crippen LogP contribution < -0.4 is 0 Å². The number of nitrogens with zero attached hydrogens (tertiary/aromatic N) is 1. The molecule has 80 valence electrons. The molecule has 1 aliphatic rings. The van der Waals surface area contributed by atoms with Crippen LogP contribution in [0, 0.1) is 5.92 Å². The molecule has 0 radical (unpaired) electrons. The van der Waals surface area contributed by atoms with E-state index in [1.807, 2.05) is 0 Å². The largest absolute Gasteiger partial charge is 0.481 e. The Morgan fingerprint density at radius 3 is 2.86 bits per heavy atom. The molecule has 0 aromatic heterocycles. The smallest absolute Gasteiger partial charge is 0.308 e. The van der Waals surface area contributed by atoms with Crippen LogP contribution in [0.25, 0.3) is 0 Å². The van der Waals surface area contributed by atoms with Crippen LogP contribution in [0.15, 0.2) is 0 Å². The van der Waals surface area contributed by atoms with Gasteiger partial charge in [0.05, 0.1) is 5.92 Å². The molecule has 1 fully saturated rings. The standard InChI is InChI=1S/C10H17NO3/c1-8(10(13)14)7-11-6-4-2-3-5-9(11)12/h8H,2-7H2,1H3,(H,13,14). The van der Waals surface area contributed by atoms with Gasteiger partial charge in [-0.15, -0.1) is 0 Å². The van der Waals surface area contributed by atoms with Crippen molar-refractivity contribution in [2.45, 2.75) is 32.6 Å². The summed E-state index contributed by atoms with van der Waals surface area (Å²) in [5.41, 5.74) is 0. The van der Waals surface area contributed by atoms with Gasteiger partial charge in [0.1, 0.15) is 0 Å². The van der Waals surface area contributed by atoms with Gasteiger partial charge in [0.25, 0.3) is 0 Å². The number of rotatable bonds is 3. The first kappa shape index (κ1) is 11.0. The minimum atomic E-state index is -0.831. The molecule has 1 N–H and O–H groups in total. The first-order chi connectivity index (χ1) is 6.61. The van der Waals surface area contributed by atoms with Crippen molar-refractivity contribution in [2.75, 3.05) is 13.1 Å². The normalized spacial score (nSPS) is 20.4. The molecule has 0 aromatic carbocycles. The molecule has 14 heavy (non-hydrogen) atoms. The molecule has 1 unspecified atom stereocenters. The molecule has 0 aliphatic carbocycles. The maximum atomic E-state index is 11.5. The number of carboxylic acid groups (broad SMARTS) is 1. The highest BCUT2D eigenvalue weighted by Crippen LogP contribution is 2.12. The van der Waals surface area contributed by atoms with Crippen molar-refractivity contribution in [3.8, 4) is 0 Å². The maximum absolute atomic E-state index is 11.5. The quantitative estimate of drug-likeness (QED) is 0.740. The van der Waals surface area contributed by atoms with E-state index in [0.717, 1.165) is 25.8 Å². The Morgan fingerprint density at radius 2 is 2.21 bits per heavy atom. The highest BCUT2D eigenvalue weighted by atomic mass is 16.4. The predicted octanol–water partition coefficient (Wildman–Crippen LogP) is 1.11. The number of carbonyl (C=O) groups is 2. The molecule has 1 heterocycles. The average molecular weight is 199 g/mol. The van der Waals surface area contributed by atoms with Gasteiger partial charge < -0.3 is 10.0 Å². The van der Waals surface area contributed by atoms with E-state index in [1.54, 1.807) is 11.8 Å². The van der Waals surface area contributed by atoms with E-state index >= 15 is 0 Å². The van der Waals surface area contributed by atoms with Crippen molar-refractivity contribution in [2.24, 2.45) is 5.92 Å². The third-order valence-corrected chi connectivity index (χ3v) is 2.59. The number of carbonyl (C=O) groups excluding carboxylic acids is 1. The Labute approximate surface area is 83.9 Å². The van der Waals surface area contributed by atoms with Crippen LogP contribution >= 0.6 is 0 Å². The number of likely N-dealkylation sites (tertiary alicyclic amines) is 1. The molecule has 0 spiro atoms. The van der Waals surface area contributed by atoms with Crippen LogP contribution in [-0.4, -0.2) is 35.0 Å². The van der Waals surface area contributed by atoms with Crippen molar-refractivity contribution < 1.29 is 14.7 Å². The summed E-state index contributed by atoms with van der Waals surface area (Å²) >= 11 is 0. The van der Waals surface area contributed by atoms with Crippen LogP contribution in [0.4, 0.5) is 0 Å². The van der Waals surface area contributed by atoms with Gasteiger partial charge in [0, 0.05) is 19.5 Å². The van der Waals surface area contributed by atoms with Crippen molar-refractivity contribution >= 4 is 11.9 Å². The lowest BCUT2D eigenvalue weighted by atomic mass is 10.1. The fourth-order valence-corrected chi connectivity index (χ4v) is 1.64. The zero-order valence-corrected chi connectivity index (χ0v) is 8.53. The monoisotopic (exact) mass is 199 g/mol. The Morgan fingerprint density at radius 1 is 1.50 bits per heavy atom. The van der Waals surface area contributed by atoms with Gasteiger partial charge in [0.15, 0.2) is 0 Å². The summed E-state index contributed by atoms with van der Waals surface area (Å²) in [6.45, 7) is 2.71. The average Bonchev–Trinajstić information content (AvgIpc) is 2.32. The first-order valence-electron chi connectivity index (χ1n) is 5.12. The fraction of sp³-hybridized carbons (Fsp3) is 0.800. The van der Waals surface area contributed by atoms with Crippen LogP contribution in [0.2, 0.25) is 0 Å². The summed E-state index contributed by atoms with van der Waals surface area (Å²) in [6, 6.07) is 0. The molecule has 1 aliphatic heterocycles. The Kier molecular flexibility index (Phi) is 3.92. The third-order valence-electron chi connectivity index (χ3n) is 2.59. The molecule has 0 aromatic rings. The van der Waals surface area contributed by atoms with Crippen LogP contribution in [0.3, 0.4) is 0 Å². The highest BCUT2D eigenvalue weighted by molar-refractivity contribution is 5.77. The van der Waals surface area contributed by atoms with E-state index in [9.17, 15) is 9.59 Å². The molecule has 1 atom stereocenters. The molecule has 0 bridgehead atoms. The van der Waals surface area contributed by atoms with Gasteiger partial charge in [-0.25, -0.2) is 0 Å². The zero-order chi connectivity index (χ0) is 10.6. The van der Waals surface area contributed by atoms with Crippen molar-refractivity contribution in [3.05, 3.63) is 0 Å². The first-order valence-corrected chi connectivity index (χ1v) is 5.12. The Hall–Kier alpha value is -1.06. The molecule has 1 rings (SSSR count). The predicted molar refractivity (Wildman–Crippen MR) is 51.8 cm³/mol. The summed E-state index contributed by atoms with van der Waals surface area (Å²) in [4.78, 5) is 23.8. The van der Waals surface area contributed by atoms with Crippen LogP contribution in [0.1, 0.15) is 32.6 Å². The van der Waals surface area contributed by atoms with Crippen molar-refractivity contribution in [3.63, 3.8) is 0 Å². The summed E-state index contributed by atoms with van der Waals surface area (Å²) in [7, 11) is 0. The molecular formula is C10H17NO3. The van der Waals surface area contributed by atoms with Gasteiger partial charge in [-0.1, -0.05) is 13.3 Å². The third kappa shape index (κ3) is 3.01. The fourth-order valence-electron chi connectivity index (χ4n) is 1.64. The van der Waals surface area contributed by atoms with Gasteiger partial charge in [-0.3, -0.25) is 9.59 Å². The summed E-state index contributed by atoms with van der Waals surface area (Å²) < 4.78 is 0. The van der Waals surface area contributed by atoms with E-state index < -0.39 is 11.9 Å². The number of carboxylic acids is 1. The van der Waals surface area contributed by atoms with Crippen molar-refractivity contribution in [1.29, 1.82) is 0 Å². The molecule has 0 saturated carbocycles. The van der Waals surface area contributed by atoms with E-state index in [1.165, 1.54) is 0 Å². The van der Waals surface area contributed by atoms with Gasteiger partial charge in [0.2, 0.25) is 5.91 Å². The van der Waals surface area contributed by atoms with Crippen LogP contribution in [-0.2, 0) is 9.59 Å². The lowest BCUT2D eigenvalue weighted by molar-refractivity contribution is -0.143. The maximum Gasteiger partial charge on any atom is 0.308 e. The van der Waals surface area contributed by atoms with E-state index in [0.29, 0.717) is 13.0 Å². The number of aliphatic carboxylic acids is 1. The van der Waals surface area contributed by atoms with Gasteiger partial charge in [-0.2, -0.15) is 0 Å². The lowest BCUT2D eigenvalue weighted by Gasteiger charge is -2.22. The highest BCUT2D eigenvalue weighted by Gasteiger charge is 2.21. The topological polar surface area (TPSA) is 57.6 Å². The second-order valence-electron chi connectivity index (χ2n) is 3.89. The summed E-state index contributed by atoms with van der Waals surface area (Å²) in [6.07, 6.45) is 3.59. The Bertz CT molecular complexity index is 227. The van der Waals surface area contributed by atoms with E-state index in [2.05, 4.69) is 0 Å². The number of hydrogen-bond acceptors (Lipinski definition) is 2. The van der Waals surface area contributed by atoms with E-state index in [4.69, 9.17) is 5.11 Å². The lowest BCUT2D eigenvalue weighted by Crippen LogP contribution is -2.36. The molecular weight excluding hydrogens is 182 g/mol. The second-order valence-corrected chi connectivity index (χ2v) is 3.89. The molecule has 4 heteroatoms. The van der Waals surface area contributed by atoms with Gasteiger partial charge in [-0.05, 0) is 12.8 Å². The van der Waals surface area contributed by atoms with E-state index in [-0.39, 0.29) is 5.91 Å². The SMILES string of the molecule is CC(CN1CCCCCC1=O)C(=O)O. The molecule has 4 nitrogen and oxygen atoms in total. The molecule has 1 saturated heterocycles.